The van der Waals surface area contributed by atoms with E-state index in [2.05, 4.69) is 11.1 Å². The number of hydrogen-bond acceptors (Lipinski definition) is 2. The first-order chi connectivity index (χ1) is 8.06. The Kier molecular flexibility index (Phi) is 3.05. The summed E-state index contributed by atoms with van der Waals surface area (Å²) in [5.41, 5.74) is 4.59. The Hall–Kier alpha value is -1.96. The highest BCUT2D eigenvalue weighted by Gasteiger charge is 2.10. The van der Waals surface area contributed by atoms with Crippen molar-refractivity contribution in [2.75, 3.05) is 0 Å². The lowest BCUT2D eigenvalue weighted by Gasteiger charge is -2.04. The first-order valence-corrected chi connectivity index (χ1v) is 5.61. The van der Waals surface area contributed by atoms with E-state index in [0.717, 1.165) is 22.3 Å². The van der Waals surface area contributed by atoms with Crippen molar-refractivity contribution in [2.24, 2.45) is 0 Å². The molecule has 0 saturated carbocycles. The topological polar surface area (TPSA) is 30.0 Å². The highest BCUT2D eigenvalue weighted by atomic mass is 16.1. The van der Waals surface area contributed by atoms with Crippen molar-refractivity contribution in [3.8, 4) is 0 Å². The molecule has 1 aromatic carbocycles. The molecule has 0 radical (unpaired) electrons. The van der Waals surface area contributed by atoms with Crippen molar-refractivity contribution in [1.29, 1.82) is 0 Å². The number of rotatable bonds is 2. The smallest absolute Gasteiger partial charge is 0.194 e. The fraction of sp³-hybridized carbons (Fsp3) is 0.200. The Balaban J connectivity index is 2.43. The normalized spacial score (nSPS) is 10.3. The zero-order valence-electron chi connectivity index (χ0n) is 10.3. The number of aromatic nitrogens is 1. The van der Waals surface area contributed by atoms with Crippen molar-refractivity contribution in [3.05, 3.63) is 64.5 Å². The molecule has 86 valence electrons. The summed E-state index contributed by atoms with van der Waals surface area (Å²) in [6, 6.07) is 7.76. The van der Waals surface area contributed by atoms with Crippen molar-refractivity contribution >= 4 is 5.78 Å². The number of pyridine rings is 1. The highest BCUT2D eigenvalue weighted by molar-refractivity contribution is 6.09. The maximum absolute atomic E-state index is 12.3. The van der Waals surface area contributed by atoms with Crippen molar-refractivity contribution < 1.29 is 4.79 Å². The zero-order valence-corrected chi connectivity index (χ0v) is 10.3. The fourth-order valence-electron chi connectivity index (χ4n) is 1.95. The lowest BCUT2D eigenvalue weighted by atomic mass is 10.00. The lowest BCUT2D eigenvalue weighted by Crippen LogP contribution is -2.03. The second kappa shape index (κ2) is 4.50. The number of aryl methyl sites for hydroxylation is 3. The van der Waals surface area contributed by atoms with Crippen LogP contribution in [0.1, 0.15) is 32.6 Å². The summed E-state index contributed by atoms with van der Waals surface area (Å²) >= 11 is 0. The number of carbonyl (C=O) groups is 1. The largest absolute Gasteiger partial charge is 0.289 e. The summed E-state index contributed by atoms with van der Waals surface area (Å²) < 4.78 is 0. The first kappa shape index (κ1) is 11.5. The van der Waals surface area contributed by atoms with E-state index in [0.29, 0.717) is 5.56 Å². The number of ketones is 1. The van der Waals surface area contributed by atoms with E-state index in [1.54, 1.807) is 12.4 Å². The fourth-order valence-corrected chi connectivity index (χ4v) is 1.95. The monoisotopic (exact) mass is 225 g/mol. The van der Waals surface area contributed by atoms with Crippen LogP contribution >= 0.6 is 0 Å². The Morgan fingerprint density at radius 3 is 2.00 bits per heavy atom. The van der Waals surface area contributed by atoms with E-state index < -0.39 is 0 Å². The van der Waals surface area contributed by atoms with Crippen molar-refractivity contribution in [1.82, 2.24) is 4.98 Å². The molecule has 0 aliphatic rings. The minimum atomic E-state index is 0.0352. The van der Waals surface area contributed by atoms with Crippen LogP contribution in [0.15, 0.2) is 36.7 Å². The predicted octanol–water partition coefficient (Wildman–Crippen LogP) is 3.24. The van der Waals surface area contributed by atoms with Crippen LogP contribution in [-0.4, -0.2) is 10.8 Å². The number of benzene rings is 1. The zero-order chi connectivity index (χ0) is 12.4. The minimum absolute atomic E-state index is 0.0352. The maximum atomic E-state index is 12.3. The summed E-state index contributed by atoms with van der Waals surface area (Å²) in [4.78, 5) is 16.3. The molecule has 0 saturated heterocycles. The molecule has 0 atom stereocenters. The van der Waals surface area contributed by atoms with Gasteiger partial charge in [-0.25, -0.2) is 0 Å². The van der Waals surface area contributed by atoms with Crippen molar-refractivity contribution in [2.45, 2.75) is 20.8 Å². The van der Waals surface area contributed by atoms with Gasteiger partial charge in [0.1, 0.15) is 0 Å². The second-order valence-corrected chi connectivity index (χ2v) is 4.46. The van der Waals surface area contributed by atoms with Crippen LogP contribution in [0.2, 0.25) is 0 Å². The van der Waals surface area contributed by atoms with Crippen LogP contribution in [0.5, 0.6) is 0 Å². The second-order valence-electron chi connectivity index (χ2n) is 4.46. The molecule has 2 aromatic rings. The molecule has 1 heterocycles. The summed E-state index contributed by atoms with van der Waals surface area (Å²) in [7, 11) is 0. The molecule has 0 aliphatic carbocycles. The average molecular weight is 225 g/mol. The molecule has 2 rings (SSSR count). The van der Waals surface area contributed by atoms with E-state index in [1.165, 1.54) is 0 Å². The third-order valence-electron chi connectivity index (χ3n) is 2.62. The molecule has 0 amide bonds. The Morgan fingerprint density at radius 1 is 0.824 bits per heavy atom. The van der Waals surface area contributed by atoms with Gasteiger partial charge in [-0.3, -0.25) is 9.78 Å². The molecular formula is C15H15NO. The average Bonchev–Trinajstić information content (AvgIpc) is 2.26. The number of carbonyl (C=O) groups excluding carboxylic acids is 1. The predicted molar refractivity (Wildman–Crippen MR) is 68.3 cm³/mol. The molecule has 0 fully saturated rings. The van der Waals surface area contributed by atoms with E-state index in [-0.39, 0.29) is 5.78 Å². The van der Waals surface area contributed by atoms with Crippen molar-refractivity contribution in [3.63, 3.8) is 0 Å². The van der Waals surface area contributed by atoms with E-state index in [9.17, 15) is 4.79 Å². The van der Waals surface area contributed by atoms with Gasteiger partial charge in [0.2, 0.25) is 0 Å². The molecule has 0 aliphatic heterocycles. The van der Waals surface area contributed by atoms with Gasteiger partial charge < -0.3 is 0 Å². The number of hydrogen-bond donors (Lipinski definition) is 0. The van der Waals surface area contributed by atoms with Crippen LogP contribution in [0.3, 0.4) is 0 Å². The molecule has 0 N–H and O–H groups in total. The molecular weight excluding hydrogens is 210 g/mol. The standard InChI is InChI=1S/C15H15NO/c1-10-4-11(2)6-13(5-10)15(17)14-7-12(3)8-16-9-14/h4-9H,1-3H3. The molecule has 0 unspecified atom stereocenters. The minimum Gasteiger partial charge on any atom is -0.289 e. The van der Waals surface area contributed by atoms with Gasteiger partial charge >= 0.3 is 0 Å². The van der Waals surface area contributed by atoms with Crippen LogP contribution in [0.25, 0.3) is 0 Å². The third-order valence-corrected chi connectivity index (χ3v) is 2.62. The Bertz CT molecular complexity index is 553. The third kappa shape index (κ3) is 2.59. The van der Waals surface area contributed by atoms with Gasteiger partial charge in [-0.2, -0.15) is 0 Å². The van der Waals surface area contributed by atoms with Crippen LogP contribution in [0, 0.1) is 20.8 Å². The number of nitrogens with zero attached hydrogens (tertiary/aromatic N) is 1. The Labute approximate surface area is 101 Å². The lowest BCUT2D eigenvalue weighted by molar-refractivity contribution is 0.103. The van der Waals surface area contributed by atoms with Gasteiger partial charge in [-0.05, 0) is 44.5 Å². The summed E-state index contributed by atoms with van der Waals surface area (Å²) in [5.74, 6) is 0.0352. The van der Waals surface area contributed by atoms with Gasteiger partial charge in [0.25, 0.3) is 0 Å². The molecule has 17 heavy (non-hydrogen) atoms. The summed E-state index contributed by atoms with van der Waals surface area (Å²) in [5, 5.41) is 0. The van der Waals surface area contributed by atoms with Crippen LogP contribution in [-0.2, 0) is 0 Å². The van der Waals surface area contributed by atoms with Crippen LogP contribution in [0.4, 0.5) is 0 Å². The molecule has 0 bridgehead atoms. The first-order valence-electron chi connectivity index (χ1n) is 5.61. The SMILES string of the molecule is Cc1cncc(C(=O)c2cc(C)cc(C)c2)c1. The van der Waals surface area contributed by atoms with Gasteiger partial charge in [0.15, 0.2) is 5.78 Å². The Morgan fingerprint density at radius 2 is 1.41 bits per heavy atom. The van der Waals surface area contributed by atoms with Gasteiger partial charge in [-0.15, -0.1) is 0 Å². The molecule has 2 heteroatoms. The van der Waals surface area contributed by atoms with E-state index in [4.69, 9.17) is 0 Å². The summed E-state index contributed by atoms with van der Waals surface area (Å²) in [6.45, 7) is 5.93. The van der Waals surface area contributed by atoms with Gasteiger partial charge in [-0.1, -0.05) is 17.2 Å². The molecule has 1 aromatic heterocycles. The summed E-state index contributed by atoms with van der Waals surface area (Å²) in [6.07, 6.45) is 3.37. The van der Waals surface area contributed by atoms with Crippen LogP contribution < -0.4 is 0 Å². The molecule has 0 spiro atoms. The quantitative estimate of drug-likeness (QED) is 0.734. The molecule has 2 nitrogen and oxygen atoms in total. The van der Waals surface area contributed by atoms with E-state index >= 15 is 0 Å². The maximum Gasteiger partial charge on any atom is 0.194 e. The van der Waals surface area contributed by atoms with E-state index in [1.807, 2.05) is 39.0 Å². The highest BCUT2D eigenvalue weighted by Crippen LogP contribution is 2.14. The van der Waals surface area contributed by atoms with Gasteiger partial charge in [0, 0.05) is 23.5 Å². The van der Waals surface area contributed by atoms with Gasteiger partial charge in [0.05, 0.1) is 0 Å².